The number of carbonyl (C=O) groups is 1. The Morgan fingerprint density at radius 1 is 1.25 bits per heavy atom. The number of ether oxygens (including phenoxy) is 1. The maximum atomic E-state index is 12.0. The van der Waals surface area contributed by atoms with E-state index in [9.17, 15) is 4.79 Å². The Bertz CT molecular complexity index is 698. The smallest absolute Gasteiger partial charge is 0.416 e. The van der Waals surface area contributed by atoms with Crippen LogP contribution in [-0.4, -0.2) is 40.5 Å². The lowest BCUT2D eigenvalue weighted by Gasteiger charge is -2.18. The molecule has 6 nitrogen and oxygen atoms in total. The normalized spacial score (nSPS) is 10.2. The van der Waals surface area contributed by atoms with Crippen LogP contribution in [0.2, 0.25) is 0 Å². The quantitative estimate of drug-likeness (QED) is 0.546. The monoisotopic (exact) mass is 362 g/mol. The summed E-state index contributed by atoms with van der Waals surface area (Å²) in [6.45, 7) is 5.93. The second-order valence-electron chi connectivity index (χ2n) is 4.42. The van der Waals surface area contributed by atoms with Crippen LogP contribution in [0.25, 0.3) is 0 Å². The first-order valence-electron chi connectivity index (χ1n) is 7.26. The second-order valence-corrected chi connectivity index (χ2v) is 6.69. The number of hydrogen-bond donors (Lipinski definition) is 0. The van der Waals surface area contributed by atoms with Gasteiger partial charge in [-0.25, -0.2) is 9.69 Å². The van der Waals surface area contributed by atoms with Crippen molar-refractivity contribution in [2.75, 3.05) is 24.3 Å². The molecule has 0 aliphatic heterocycles. The standard InChI is InChI=1S/C16H18N4O2S2/c1-4-11-20(16(21)22-3)13-17-14(23-5-2)19-15(18-13)24-12-9-7-6-8-10-12/h4,6-10H,1,5,11H2,2-3H3. The van der Waals surface area contributed by atoms with E-state index in [1.165, 1.54) is 35.5 Å². The molecule has 0 atom stereocenters. The molecule has 0 aliphatic carbocycles. The Hall–Kier alpha value is -2.06. The zero-order chi connectivity index (χ0) is 17.4. The first-order chi connectivity index (χ1) is 11.7. The van der Waals surface area contributed by atoms with Crippen molar-refractivity contribution in [2.45, 2.75) is 22.1 Å². The minimum absolute atomic E-state index is 0.252. The average molecular weight is 362 g/mol. The predicted octanol–water partition coefficient (Wildman–Crippen LogP) is 3.89. The fourth-order valence-electron chi connectivity index (χ4n) is 1.76. The van der Waals surface area contributed by atoms with Crippen molar-refractivity contribution >= 4 is 35.6 Å². The number of amides is 1. The summed E-state index contributed by atoms with van der Waals surface area (Å²) in [5.74, 6) is 1.07. The fourth-order valence-corrected chi connectivity index (χ4v) is 3.14. The topological polar surface area (TPSA) is 68.2 Å². The molecule has 0 saturated heterocycles. The first-order valence-corrected chi connectivity index (χ1v) is 9.06. The van der Waals surface area contributed by atoms with E-state index in [1.54, 1.807) is 6.08 Å². The molecule has 0 bridgehead atoms. The number of benzene rings is 1. The highest BCUT2D eigenvalue weighted by atomic mass is 32.2. The van der Waals surface area contributed by atoms with Gasteiger partial charge in [0.25, 0.3) is 0 Å². The van der Waals surface area contributed by atoms with Gasteiger partial charge in [0.1, 0.15) is 0 Å². The lowest BCUT2D eigenvalue weighted by Crippen LogP contribution is -2.32. The van der Waals surface area contributed by atoms with Gasteiger partial charge in [-0.3, -0.25) is 0 Å². The summed E-state index contributed by atoms with van der Waals surface area (Å²) in [6, 6.07) is 9.80. The van der Waals surface area contributed by atoms with E-state index in [1.807, 2.05) is 37.3 Å². The summed E-state index contributed by atoms with van der Waals surface area (Å²) in [6.07, 6.45) is 1.06. The highest BCUT2D eigenvalue weighted by Crippen LogP contribution is 2.27. The highest BCUT2D eigenvalue weighted by Gasteiger charge is 2.20. The van der Waals surface area contributed by atoms with Gasteiger partial charge in [-0.05, 0) is 29.6 Å². The largest absolute Gasteiger partial charge is 0.452 e. The molecule has 0 unspecified atom stereocenters. The predicted molar refractivity (Wildman–Crippen MR) is 96.7 cm³/mol. The average Bonchev–Trinajstić information content (AvgIpc) is 2.60. The van der Waals surface area contributed by atoms with Gasteiger partial charge >= 0.3 is 6.09 Å². The molecule has 0 N–H and O–H groups in total. The van der Waals surface area contributed by atoms with Gasteiger partial charge < -0.3 is 4.74 Å². The molecule has 8 heteroatoms. The molecular weight excluding hydrogens is 344 g/mol. The van der Waals surface area contributed by atoms with Crippen LogP contribution in [0.5, 0.6) is 0 Å². The van der Waals surface area contributed by atoms with Gasteiger partial charge in [0.15, 0.2) is 10.3 Å². The minimum Gasteiger partial charge on any atom is -0.452 e. The van der Waals surface area contributed by atoms with Crippen molar-refractivity contribution in [3.8, 4) is 0 Å². The maximum Gasteiger partial charge on any atom is 0.416 e. The summed E-state index contributed by atoms with van der Waals surface area (Å²) >= 11 is 2.91. The molecule has 1 heterocycles. The van der Waals surface area contributed by atoms with Crippen LogP contribution in [-0.2, 0) is 4.74 Å². The maximum absolute atomic E-state index is 12.0. The summed E-state index contributed by atoms with van der Waals surface area (Å²) in [5.41, 5.74) is 0. The SMILES string of the molecule is C=CCN(C(=O)OC)c1nc(SCC)nc(Sc2ccccc2)n1. The van der Waals surface area contributed by atoms with E-state index >= 15 is 0 Å². The van der Waals surface area contributed by atoms with Gasteiger partial charge in [-0.2, -0.15) is 15.0 Å². The fraction of sp³-hybridized carbons (Fsp3) is 0.250. The van der Waals surface area contributed by atoms with Crippen LogP contribution >= 0.6 is 23.5 Å². The van der Waals surface area contributed by atoms with Crippen molar-refractivity contribution in [1.82, 2.24) is 15.0 Å². The second kappa shape index (κ2) is 9.29. The van der Waals surface area contributed by atoms with Gasteiger partial charge in [0, 0.05) is 4.90 Å². The van der Waals surface area contributed by atoms with E-state index in [2.05, 4.69) is 21.5 Å². The van der Waals surface area contributed by atoms with Crippen molar-refractivity contribution in [2.24, 2.45) is 0 Å². The number of rotatable bonds is 7. The molecule has 24 heavy (non-hydrogen) atoms. The molecule has 126 valence electrons. The zero-order valence-electron chi connectivity index (χ0n) is 13.5. The van der Waals surface area contributed by atoms with Crippen molar-refractivity contribution in [3.05, 3.63) is 43.0 Å². The molecule has 0 radical (unpaired) electrons. The summed E-state index contributed by atoms with van der Waals surface area (Å²) < 4.78 is 4.80. The number of nitrogens with zero attached hydrogens (tertiary/aromatic N) is 4. The lowest BCUT2D eigenvalue weighted by molar-refractivity contribution is 0.179. The number of thioether (sulfide) groups is 1. The molecule has 1 aromatic heterocycles. The molecule has 0 aliphatic rings. The zero-order valence-corrected chi connectivity index (χ0v) is 15.1. The van der Waals surface area contributed by atoms with Crippen LogP contribution < -0.4 is 4.90 Å². The van der Waals surface area contributed by atoms with E-state index in [-0.39, 0.29) is 12.5 Å². The third-order valence-electron chi connectivity index (χ3n) is 2.76. The highest BCUT2D eigenvalue weighted by molar-refractivity contribution is 7.99. The van der Waals surface area contributed by atoms with Gasteiger partial charge in [-0.1, -0.05) is 43.0 Å². The van der Waals surface area contributed by atoms with E-state index in [4.69, 9.17) is 4.74 Å². The molecule has 1 aromatic carbocycles. The van der Waals surface area contributed by atoms with Gasteiger partial charge in [0.2, 0.25) is 5.95 Å². The Morgan fingerprint density at radius 3 is 2.58 bits per heavy atom. The van der Waals surface area contributed by atoms with Crippen LogP contribution in [0, 0.1) is 0 Å². The summed E-state index contributed by atoms with van der Waals surface area (Å²) in [4.78, 5) is 27.5. The van der Waals surface area contributed by atoms with Crippen LogP contribution in [0.15, 0.2) is 58.2 Å². The Balaban J connectivity index is 2.38. The van der Waals surface area contributed by atoms with Gasteiger partial charge in [0.05, 0.1) is 13.7 Å². The van der Waals surface area contributed by atoms with Crippen molar-refractivity contribution in [1.29, 1.82) is 0 Å². The number of methoxy groups -OCH3 is 1. The van der Waals surface area contributed by atoms with Gasteiger partial charge in [-0.15, -0.1) is 6.58 Å². The Kier molecular flexibility index (Phi) is 7.07. The molecule has 0 fully saturated rings. The first kappa shape index (κ1) is 18.3. The number of anilines is 1. The minimum atomic E-state index is -0.538. The molecule has 2 rings (SSSR count). The molecule has 2 aromatic rings. The number of aromatic nitrogens is 3. The molecule has 1 amide bonds. The third kappa shape index (κ3) is 4.97. The van der Waals surface area contributed by atoms with Crippen LogP contribution in [0.1, 0.15) is 6.92 Å². The van der Waals surface area contributed by atoms with E-state index in [0.29, 0.717) is 10.3 Å². The third-order valence-corrected chi connectivity index (χ3v) is 4.36. The Labute approximate surface area is 149 Å². The summed E-state index contributed by atoms with van der Waals surface area (Å²) in [7, 11) is 1.32. The number of hydrogen-bond acceptors (Lipinski definition) is 7. The van der Waals surface area contributed by atoms with Crippen LogP contribution in [0.3, 0.4) is 0 Å². The molecule has 0 spiro atoms. The van der Waals surface area contributed by atoms with Crippen molar-refractivity contribution < 1.29 is 9.53 Å². The van der Waals surface area contributed by atoms with Crippen LogP contribution in [0.4, 0.5) is 10.7 Å². The lowest BCUT2D eigenvalue weighted by atomic mass is 10.4. The summed E-state index contributed by atoms with van der Waals surface area (Å²) in [5, 5.41) is 1.10. The molecule has 0 saturated carbocycles. The van der Waals surface area contributed by atoms with E-state index < -0.39 is 6.09 Å². The number of carbonyl (C=O) groups excluding carboxylic acids is 1. The molecular formula is C16H18N4O2S2. The Morgan fingerprint density at radius 2 is 1.96 bits per heavy atom. The van der Waals surface area contributed by atoms with Crippen molar-refractivity contribution in [3.63, 3.8) is 0 Å². The van der Waals surface area contributed by atoms with E-state index in [0.717, 1.165) is 10.6 Å².